The lowest BCUT2D eigenvalue weighted by Gasteiger charge is -2.15. The Hall–Kier alpha value is -0.860. The Morgan fingerprint density at radius 2 is 1.53 bits per heavy atom. The highest BCUT2D eigenvalue weighted by atomic mass is 14.9. The highest BCUT2D eigenvalue weighted by Crippen LogP contribution is 2.11. The molecular formula is C13H20N2. The van der Waals surface area contributed by atoms with Crippen LogP contribution in [-0.2, 0) is 13.0 Å². The van der Waals surface area contributed by atoms with Gasteiger partial charge in [0.2, 0.25) is 0 Å². The lowest BCUT2D eigenvalue weighted by Crippen LogP contribution is -2.23. The average molecular weight is 204 g/mol. The van der Waals surface area contributed by atoms with E-state index in [1.165, 1.54) is 43.5 Å². The summed E-state index contributed by atoms with van der Waals surface area (Å²) in [6.45, 7) is 4.69. The van der Waals surface area contributed by atoms with Crippen LogP contribution in [0, 0.1) is 0 Å². The predicted molar refractivity (Wildman–Crippen MR) is 64.0 cm³/mol. The van der Waals surface area contributed by atoms with Gasteiger partial charge in [-0.2, -0.15) is 0 Å². The van der Waals surface area contributed by atoms with Crippen molar-refractivity contribution in [3.63, 3.8) is 0 Å². The maximum Gasteiger partial charge on any atom is 0.0208 e. The summed E-state index contributed by atoms with van der Waals surface area (Å²) < 4.78 is 0. The maximum atomic E-state index is 3.34. The summed E-state index contributed by atoms with van der Waals surface area (Å²) in [6.07, 6.45) is 3.97. The Morgan fingerprint density at radius 3 is 2.13 bits per heavy atom. The molecule has 82 valence electrons. The van der Waals surface area contributed by atoms with E-state index in [9.17, 15) is 0 Å². The topological polar surface area (TPSA) is 24.1 Å². The van der Waals surface area contributed by atoms with Gasteiger partial charge in [-0.1, -0.05) is 24.3 Å². The molecule has 0 spiro atoms. The van der Waals surface area contributed by atoms with Gasteiger partial charge < -0.3 is 10.6 Å². The number of hydrogen-bond acceptors (Lipinski definition) is 2. The number of benzene rings is 1. The average Bonchev–Trinajstić information content (AvgIpc) is 2.88. The van der Waals surface area contributed by atoms with Crippen LogP contribution in [0.25, 0.3) is 0 Å². The molecule has 2 aliphatic rings. The first-order chi connectivity index (χ1) is 7.47. The molecular weight excluding hydrogens is 184 g/mol. The van der Waals surface area contributed by atoms with Gasteiger partial charge in [0.05, 0.1) is 0 Å². The van der Waals surface area contributed by atoms with Crippen LogP contribution in [0.4, 0.5) is 0 Å². The van der Waals surface area contributed by atoms with Crippen LogP contribution < -0.4 is 10.6 Å². The van der Waals surface area contributed by atoms with Crippen molar-refractivity contribution in [2.45, 2.75) is 25.8 Å². The molecule has 0 amide bonds. The molecule has 2 N–H and O–H groups in total. The molecule has 3 rings (SSSR count). The summed E-state index contributed by atoms with van der Waals surface area (Å²) in [5.41, 5.74) is 2.98. The molecule has 1 saturated heterocycles. The Labute approximate surface area is 92.1 Å². The quantitative estimate of drug-likeness (QED) is 0.672. The second-order valence-corrected chi connectivity index (χ2v) is 4.15. The Bertz CT molecular complexity index is 260. The molecule has 0 unspecified atom stereocenters. The molecule has 1 aromatic rings. The normalized spacial score (nSPS) is 18.9. The largest absolute Gasteiger partial charge is 0.317 e. The summed E-state index contributed by atoms with van der Waals surface area (Å²) in [7, 11) is 0. The minimum absolute atomic E-state index is 1.05. The zero-order chi connectivity index (χ0) is 10.3. The van der Waals surface area contributed by atoms with E-state index in [2.05, 4.69) is 34.9 Å². The summed E-state index contributed by atoms with van der Waals surface area (Å²) >= 11 is 0. The fraction of sp³-hybridized carbons (Fsp3) is 0.538. The summed E-state index contributed by atoms with van der Waals surface area (Å²) in [5, 5.41) is 6.56. The molecule has 2 heteroatoms. The molecule has 1 aromatic carbocycles. The maximum absolute atomic E-state index is 3.34. The van der Waals surface area contributed by atoms with E-state index in [1.807, 2.05) is 0 Å². The van der Waals surface area contributed by atoms with Crippen molar-refractivity contribution < 1.29 is 0 Å². The van der Waals surface area contributed by atoms with E-state index in [0.717, 1.165) is 13.1 Å². The first-order valence-corrected chi connectivity index (χ1v) is 5.95. The number of rotatable bonds is 0. The first kappa shape index (κ1) is 10.7. The van der Waals surface area contributed by atoms with E-state index in [4.69, 9.17) is 0 Å². The zero-order valence-electron chi connectivity index (χ0n) is 9.26. The minimum atomic E-state index is 1.05. The van der Waals surface area contributed by atoms with Crippen molar-refractivity contribution in [3.05, 3.63) is 35.4 Å². The smallest absolute Gasteiger partial charge is 0.0208 e. The van der Waals surface area contributed by atoms with Gasteiger partial charge in [0.1, 0.15) is 0 Å². The SMILES string of the molecule is C1CCNC1.c1ccc2c(c1)CCNC2. The monoisotopic (exact) mass is 204 g/mol. The highest BCUT2D eigenvalue weighted by Gasteiger charge is 2.05. The number of hydrogen-bond donors (Lipinski definition) is 2. The minimum Gasteiger partial charge on any atom is -0.317 e. The van der Waals surface area contributed by atoms with Gasteiger partial charge >= 0.3 is 0 Å². The molecule has 2 aliphatic heterocycles. The van der Waals surface area contributed by atoms with E-state index >= 15 is 0 Å². The van der Waals surface area contributed by atoms with E-state index in [0.29, 0.717) is 0 Å². The van der Waals surface area contributed by atoms with Crippen LogP contribution in [0.3, 0.4) is 0 Å². The van der Waals surface area contributed by atoms with Crippen LogP contribution in [0.15, 0.2) is 24.3 Å². The molecule has 0 radical (unpaired) electrons. The molecule has 1 fully saturated rings. The molecule has 0 atom stereocenters. The number of fused-ring (bicyclic) bond motifs is 1. The van der Waals surface area contributed by atoms with Gasteiger partial charge in [-0.25, -0.2) is 0 Å². The fourth-order valence-electron chi connectivity index (χ4n) is 2.04. The third kappa shape index (κ3) is 3.33. The molecule has 2 heterocycles. The van der Waals surface area contributed by atoms with Crippen molar-refractivity contribution in [3.8, 4) is 0 Å². The lowest BCUT2D eigenvalue weighted by atomic mass is 10.0. The van der Waals surface area contributed by atoms with Crippen molar-refractivity contribution in [1.82, 2.24) is 10.6 Å². The fourth-order valence-corrected chi connectivity index (χ4v) is 2.04. The molecule has 0 aromatic heterocycles. The van der Waals surface area contributed by atoms with Crippen LogP contribution in [0.5, 0.6) is 0 Å². The highest BCUT2D eigenvalue weighted by molar-refractivity contribution is 5.28. The Morgan fingerprint density at radius 1 is 0.800 bits per heavy atom. The van der Waals surface area contributed by atoms with Crippen molar-refractivity contribution >= 4 is 0 Å². The third-order valence-electron chi connectivity index (χ3n) is 2.96. The van der Waals surface area contributed by atoms with Crippen molar-refractivity contribution in [1.29, 1.82) is 0 Å². The van der Waals surface area contributed by atoms with Crippen LogP contribution in [-0.4, -0.2) is 19.6 Å². The van der Waals surface area contributed by atoms with Gasteiger partial charge in [0, 0.05) is 6.54 Å². The van der Waals surface area contributed by atoms with Gasteiger partial charge in [-0.3, -0.25) is 0 Å². The van der Waals surface area contributed by atoms with Gasteiger partial charge in [0.25, 0.3) is 0 Å². The van der Waals surface area contributed by atoms with Gasteiger partial charge in [0.15, 0.2) is 0 Å². The summed E-state index contributed by atoms with van der Waals surface area (Å²) in [6, 6.07) is 8.63. The standard InChI is InChI=1S/C9H11N.C4H9N/c1-2-4-9-7-10-6-5-8(9)3-1;1-2-4-5-3-1/h1-4,10H,5-7H2;5H,1-4H2. The van der Waals surface area contributed by atoms with E-state index < -0.39 is 0 Å². The molecule has 0 bridgehead atoms. The van der Waals surface area contributed by atoms with Gasteiger partial charge in [-0.05, 0) is 50.0 Å². The Balaban J connectivity index is 0.000000144. The first-order valence-electron chi connectivity index (χ1n) is 5.95. The molecule has 15 heavy (non-hydrogen) atoms. The molecule has 0 aliphatic carbocycles. The lowest BCUT2D eigenvalue weighted by molar-refractivity contribution is 0.644. The zero-order valence-corrected chi connectivity index (χ0v) is 9.26. The summed E-state index contributed by atoms with van der Waals surface area (Å²) in [4.78, 5) is 0. The second-order valence-electron chi connectivity index (χ2n) is 4.15. The van der Waals surface area contributed by atoms with Crippen LogP contribution in [0.1, 0.15) is 24.0 Å². The van der Waals surface area contributed by atoms with Crippen molar-refractivity contribution in [2.24, 2.45) is 0 Å². The second kappa shape index (κ2) is 5.89. The summed E-state index contributed by atoms with van der Waals surface area (Å²) in [5.74, 6) is 0. The Kier molecular flexibility index (Phi) is 4.18. The van der Waals surface area contributed by atoms with E-state index in [-0.39, 0.29) is 0 Å². The van der Waals surface area contributed by atoms with Crippen LogP contribution in [0.2, 0.25) is 0 Å². The predicted octanol–water partition coefficient (Wildman–Crippen LogP) is 1.70. The van der Waals surface area contributed by atoms with Gasteiger partial charge in [-0.15, -0.1) is 0 Å². The van der Waals surface area contributed by atoms with E-state index in [1.54, 1.807) is 0 Å². The number of nitrogens with one attached hydrogen (secondary N) is 2. The third-order valence-corrected chi connectivity index (χ3v) is 2.96. The van der Waals surface area contributed by atoms with Crippen molar-refractivity contribution in [2.75, 3.05) is 19.6 Å². The van der Waals surface area contributed by atoms with Crippen LogP contribution >= 0.6 is 0 Å². The molecule has 0 saturated carbocycles. The molecule has 2 nitrogen and oxygen atoms in total.